The van der Waals surface area contributed by atoms with Crippen LogP contribution in [0.5, 0.6) is 0 Å². The van der Waals surface area contributed by atoms with Crippen LogP contribution in [0.15, 0.2) is 18.3 Å². The van der Waals surface area contributed by atoms with Crippen molar-refractivity contribution in [3.05, 3.63) is 28.9 Å². The number of aryl methyl sites for hydroxylation is 1. The van der Waals surface area contributed by atoms with Crippen molar-refractivity contribution >= 4 is 11.3 Å². The lowest BCUT2D eigenvalue weighted by atomic mass is 10.2. The van der Waals surface area contributed by atoms with Gasteiger partial charge in [0, 0.05) is 19.2 Å². The first-order valence-electron chi connectivity index (χ1n) is 6.62. The van der Waals surface area contributed by atoms with E-state index in [1.54, 1.807) is 17.5 Å². The zero-order chi connectivity index (χ0) is 13.7. The van der Waals surface area contributed by atoms with Crippen LogP contribution in [0.1, 0.15) is 24.4 Å². The van der Waals surface area contributed by atoms with Gasteiger partial charge in [0.1, 0.15) is 10.7 Å². The van der Waals surface area contributed by atoms with Crippen molar-refractivity contribution < 1.29 is 0 Å². The van der Waals surface area contributed by atoms with Crippen molar-refractivity contribution in [2.75, 3.05) is 13.1 Å². The molecule has 0 aromatic carbocycles. The van der Waals surface area contributed by atoms with Crippen LogP contribution in [0.25, 0.3) is 10.7 Å². The maximum Gasteiger partial charge on any atom is 0.166 e. The van der Waals surface area contributed by atoms with E-state index in [1.807, 2.05) is 19.1 Å². The fraction of sp³-hybridized carbons (Fsp3) is 0.500. The molecule has 2 aromatic rings. The summed E-state index contributed by atoms with van der Waals surface area (Å²) in [7, 11) is 0. The molecule has 2 heterocycles. The zero-order valence-corrected chi connectivity index (χ0v) is 12.5. The average Bonchev–Trinajstić information content (AvgIpc) is 2.83. The van der Waals surface area contributed by atoms with Gasteiger partial charge in [-0.1, -0.05) is 31.3 Å². The molecular formula is C14H20N4S. The molecule has 0 aliphatic rings. The number of hydrogen-bond acceptors (Lipinski definition) is 5. The summed E-state index contributed by atoms with van der Waals surface area (Å²) in [5.41, 5.74) is 2.09. The Morgan fingerprint density at radius 3 is 2.89 bits per heavy atom. The highest BCUT2D eigenvalue weighted by Crippen LogP contribution is 2.24. The van der Waals surface area contributed by atoms with Gasteiger partial charge in [-0.05, 0) is 31.0 Å². The van der Waals surface area contributed by atoms with Gasteiger partial charge in [0.15, 0.2) is 5.01 Å². The molecule has 19 heavy (non-hydrogen) atoms. The normalized spacial score (nSPS) is 11.2. The molecule has 4 nitrogen and oxygen atoms in total. The molecule has 2 aromatic heterocycles. The van der Waals surface area contributed by atoms with Gasteiger partial charge in [-0.25, -0.2) is 0 Å². The smallest absolute Gasteiger partial charge is 0.166 e. The van der Waals surface area contributed by atoms with E-state index < -0.39 is 0 Å². The largest absolute Gasteiger partial charge is 0.316 e. The molecule has 0 bridgehead atoms. The zero-order valence-electron chi connectivity index (χ0n) is 11.7. The van der Waals surface area contributed by atoms with Crippen LogP contribution in [0.2, 0.25) is 0 Å². The molecule has 0 radical (unpaired) electrons. The minimum Gasteiger partial charge on any atom is -0.316 e. The predicted octanol–water partition coefficient (Wildman–Crippen LogP) is 2.70. The number of nitrogens with one attached hydrogen (secondary N) is 1. The SMILES string of the molecule is Cc1cccnc1-c1nnc(CCNCC(C)C)s1. The van der Waals surface area contributed by atoms with E-state index in [-0.39, 0.29) is 0 Å². The quantitative estimate of drug-likeness (QED) is 0.824. The molecule has 2 rings (SSSR count). The molecule has 0 aliphatic carbocycles. The van der Waals surface area contributed by atoms with Crippen molar-refractivity contribution in [3.63, 3.8) is 0 Å². The minimum absolute atomic E-state index is 0.682. The molecule has 0 atom stereocenters. The highest BCUT2D eigenvalue weighted by Gasteiger charge is 2.09. The first-order valence-corrected chi connectivity index (χ1v) is 7.43. The van der Waals surface area contributed by atoms with Crippen LogP contribution >= 0.6 is 11.3 Å². The highest BCUT2D eigenvalue weighted by atomic mass is 32.1. The monoisotopic (exact) mass is 276 g/mol. The lowest BCUT2D eigenvalue weighted by molar-refractivity contribution is 0.553. The van der Waals surface area contributed by atoms with Gasteiger partial charge in [-0.15, -0.1) is 10.2 Å². The summed E-state index contributed by atoms with van der Waals surface area (Å²) in [5.74, 6) is 0.682. The van der Waals surface area contributed by atoms with Gasteiger partial charge in [0.25, 0.3) is 0 Å². The summed E-state index contributed by atoms with van der Waals surface area (Å²) in [6, 6.07) is 3.99. The second kappa shape index (κ2) is 6.73. The van der Waals surface area contributed by atoms with Crippen molar-refractivity contribution in [1.29, 1.82) is 0 Å². The van der Waals surface area contributed by atoms with E-state index in [1.165, 1.54) is 0 Å². The van der Waals surface area contributed by atoms with Crippen LogP contribution in [0.3, 0.4) is 0 Å². The second-order valence-corrected chi connectivity index (χ2v) is 6.08. The maximum atomic E-state index is 4.37. The van der Waals surface area contributed by atoms with Crippen LogP contribution in [0.4, 0.5) is 0 Å². The molecular weight excluding hydrogens is 256 g/mol. The summed E-state index contributed by atoms with van der Waals surface area (Å²) in [4.78, 5) is 4.37. The number of rotatable bonds is 6. The van der Waals surface area contributed by atoms with Crippen LogP contribution in [-0.2, 0) is 6.42 Å². The fourth-order valence-corrected chi connectivity index (χ4v) is 2.65. The van der Waals surface area contributed by atoms with Crippen LogP contribution in [-0.4, -0.2) is 28.3 Å². The Labute approximate surface area is 118 Å². The Balaban J connectivity index is 1.94. The van der Waals surface area contributed by atoms with Gasteiger partial charge < -0.3 is 5.32 Å². The topological polar surface area (TPSA) is 50.7 Å². The van der Waals surface area contributed by atoms with E-state index in [0.29, 0.717) is 5.92 Å². The lowest BCUT2D eigenvalue weighted by Crippen LogP contribution is -2.22. The van der Waals surface area contributed by atoms with Gasteiger partial charge in [-0.3, -0.25) is 4.98 Å². The first-order chi connectivity index (χ1) is 9.16. The van der Waals surface area contributed by atoms with E-state index >= 15 is 0 Å². The molecule has 0 unspecified atom stereocenters. The second-order valence-electron chi connectivity index (χ2n) is 5.02. The summed E-state index contributed by atoms with van der Waals surface area (Å²) in [6.07, 6.45) is 2.73. The summed E-state index contributed by atoms with van der Waals surface area (Å²) >= 11 is 1.63. The van der Waals surface area contributed by atoms with Gasteiger partial charge in [0.05, 0.1) is 0 Å². The molecule has 0 spiro atoms. The van der Waals surface area contributed by atoms with Crippen LogP contribution in [0, 0.1) is 12.8 Å². The first kappa shape index (κ1) is 14.1. The van der Waals surface area contributed by atoms with Crippen LogP contribution < -0.4 is 5.32 Å². The Morgan fingerprint density at radius 1 is 1.32 bits per heavy atom. The van der Waals surface area contributed by atoms with Crippen molar-refractivity contribution in [1.82, 2.24) is 20.5 Å². The standard InChI is InChI=1S/C14H20N4S/c1-10(2)9-15-8-6-12-17-18-14(19-12)13-11(3)5-4-7-16-13/h4-5,7,10,15H,6,8-9H2,1-3H3. The Kier molecular flexibility index (Phi) is 4.99. The Morgan fingerprint density at radius 2 is 2.16 bits per heavy atom. The lowest BCUT2D eigenvalue weighted by Gasteiger charge is -2.05. The van der Waals surface area contributed by atoms with E-state index in [4.69, 9.17) is 0 Å². The Hall–Kier alpha value is -1.33. The number of hydrogen-bond donors (Lipinski definition) is 1. The molecule has 102 valence electrons. The molecule has 0 amide bonds. The molecule has 0 saturated heterocycles. The maximum absolute atomic E-state index is 4.37. The van der Waals surface area contributed by atoms with Crippen molar-refractivity contribution in [2.45, 2.75) is 27.2 Å². The van der Waals surface area contributed by atoms with E-state index in [0.717, 1.165) is 40.8 Å². The number of nitrogens with zero attached hydrogens (tertiary/aromatic N) is 3. The third-order valence-corrected chi connectivity index (χ3v) is 3.74. The highest BCUT2D eigenvalue weighted by molar-refractivity contribution is 7.14. The molecule has 1 N–H and O–H groups in total. The molecule has 0 fully saturated rings. The third-order valence-electron chi connectivity index (χ3n) is 2.75. The summed E-state index contributed by atoms with van der Waals surface area (Å²) in [5, 5.41) is 13.9. The fourth-order valence-electron chi connectivity index (χ4n) is 1.75. The Bertz CT molecular complexity index is 522. The summed E-state index contributed by atoms with van der Waals surface area (Å²) in [6.45, 7) is 8.46. The molecule has 0 aliphatic heterocycles. The number of aromatic nitrogens is 3. The van der Waals surface area contributed by atoms with E-state index in [9.17, 15) is 0 Å². The molecule has 5 heteroatoms. The van der Waals surface area contributed by atoms with Crippen molar-refractivity contribution in [3.8, 4) is 10.7 Å². The third kappa shape index (κ3) is 4.08. The summed E-state index contributed by atoms with van der Waals surface area (Å²) < 4.78 is 0. The average molecular weight is 276 g/mol. The van der Waals surface area contributed by atoms with Gasteiger partial charge >= 0.3 is 0 Å². The van der Waals surface area contributed by atoms with Gasteiger partial charge in [-0.2, -0.15) is 0 Å². The van der Waals surface area contributed by atoms with Crippen molar-refractivity contribution in [2.24, 2.45) is 5.92 Å². The molecule has 0 saturated carbocycles. The predicted molar refractivity (Wildman–Crippen MR) is 79.3 cm³/mol. The van der Waals surface area contributed by atoms with Gasteiger partial charge in [0.2, 0.25) is 0 Å². The minimum atomic E-state index is 0.682. The number of pyridine rings is 1. The van der Waals surface area contributed by atoms with E-state index in [2.05, 4.69) is 34.3 Å².